The van der Waals surface area contributed by atoms with Crippen molar-refractivity contribution in [1.29, 1.82) is 0 Å². The largest absolute Gasteiger partial charge is 0.359 e. The van der Waals surface area contributed by atoms with E-state index in [-0.39, 0.29) is 31.6 Å². The molecule has 1 fully saturated rings. The molecule has 0 spiro atoms. The van der Waals surface area contributed by atoms with Crippen molar-refractivity contribution < 1.29 is 18.9 Å². The van der Waals surface area contributed by atoms with Gasteiger partial charge >= 0.3 is 5.69 Å². The van der Waals surface area contributed by atoms with Gasteiger partial charge in [-0.2, -0.15) is 0 Å². The van der Waals surface area contributed by atoms with E-state index < -0.39 is 11.2 Å². The lowest BCUT2D eigenvalue weighted by Gasteiger charge is -2.19. The van der Waals surface area contributed by atoms with Gasteiger partial charge in [0.25, 0.3) is 5.56 Å². The highest BCUT2D eigenvalue weighted by Gasteiger charge is 2.36. The third-order valence-electron chi connectivity index (χ3n) is 3.78. The highest BCUT2D eigenvalue weighted by Crippen LogP contribution is 2.36. The molecule has 124 valence electrons. The zero-order valence-corrected chi connectivity index (χ0v) is 12.8. The van der Waals surface area contributed by atoms with Crippen molar-refractivity contribution in [1.82, 2.24) is 9.55 Å². The van der Waals surface area contributed by atoms with E-state index in [1.807, 2.05) is 0 Å². The summed E-state index contributed by atoms with van der Waals surface area (Å²) >= 11 is 0. The van der Waals surface area contributed by atoms with E-state index in [4.69, 9.17) is 18.9 Å². The second kappa shape index (κ2) is 8.23. The van der Waals surface area contributed by atoms with Crippen molar-refractivity contribution in [3.8, 4) is 0 Å². The molecule has 0 aliphatic heterocycles. The van der Waals surface area contributed by atoms with Crippen LogP contribution < -0.4 is 11.2 Å². The molecule has 1 aromatic heterocycles. The van der Waals surface area contributed by atoms with Gasteiger partial charge in [-0.15, -0.1) is 0 Å². The molecule has 0 saturated heterocycles. The number of methoxy groups -OCH3 is 2. The maximum absolute atomic E-state index is 11.9. The minimum Gasteiger partial charge on any atom is -0.359 e. The number of hydrogen-bond acceptors (Lipinski definition) is 6. The van der Waals surface area contributed by atoms with Crippen molar-refractivity contribution in [2.75, 3.05) is 34.4 Å². The van der Waals surface area contributed by atoms with E-state index in [2.05, 4.69) is 4.98 Å². The average molecular weight is 314 g/mol. The fourth-order valence-electron chi connectivity index (χ4n) is 2.82. The third-order valence-corrected chi connectivity index (χ3v) is 3.78. The summed E-state index contributed by atoms with van der Waals surface area (Å²) in [6.07, 6.45) is 2.85. The second-order valence-electron chi connectivity index (χ2n) is 5.29. The minimum absolute atomic E-state index is 0.0395. The Morgan fingerprint density at radius 1 is 1.23 bits per heavy atom. The molecule has 1 aromatic rings. The molecule has 1 aliphatic carbocycles. The molecule has 8 heteroatoms. The van der Waals surface area contributed by atoms with Crippen LogP contribution in [0, 0.1) is 5.92 Å². The zero-order chi connectivity index (χ0) is 15.9. The summed E-state index contributed by atoms with van der Waals surface area (Å²) in [5.74, 6) is 0.133. The predicted octanol–water partition coefficient (Wildman–Crippen LogP) is 0.0973. The van der Waals surface area contributed by atoms with Crippen molar-refractivity contribution in [2.24, 2.45) is 5.92 Å². The predicted molar refractivity (Wildman–Crippen MR) is 77.7 cm³/mol. The molecule has 1 heterocycles. The van der Waals surface area contributed by atoms with Crippen LogP contribution in [0.25, 0.3) is 0 Å². The lowest BCUT2D eigenvalue weighted by molar-refractivity contribution is -0.106. The fraction of sp³-hybridized carbons (Fsp3) is 0.714. The quantitative estimate of drug-likeness (QED) is 0.540. The van der Waals surface area contributed by atoms with Gasteiger partial charge in [0.15, 0.2) is 0 Å². The van der Waals surface area contributed by atoms with Crippen LogP contribution in [0.3, 0.4) is 0 Å². The number of hydrogen-bond donors (Lipinski definition) is 1. The van der Waals surface area contributed by atoms with Crippen molar-refractivity contribution in [3.05, 3.63) is 33.1 Å². The first-order chi connectivity index (χ1) is 10.7. The SMILES string of the molecule is COCOC[C@H]1C[C@@H](n2ccc(=O)[nH]c2=O)C[C@@H]1OCOC. The highest BCUT2D eigenvalue weighted by molar-refractivity contribution is 4.92. The van der Waals surface area contributed by atoms with Crippen molar-refractivity contribution >= 4 is 0 Å². The van der Waals surface area contributed by atoms with Crippen LogP contribution in [0.4, 0.5) is 0 Å². The molecule has 0 amide bonds. The first kappa shape index (κ1) is 16.9. The van der Waals surface area contributed by atoms with E-state index in [0.29, 0.717) is 13.0 Å². The number of aromatic amines is 1. The molecular formula is C14H22N2O6. The first-order valence-corrected chi connectivity index (χ1v) is 7.14. The number of aromatic nitrogens is 2. The smallest absolute Gasteiger partial charge is 0.328 e. The van der Waals surface area contributed by atoms with Gasteiger partial charge in [0.1, 0.15) is 13.6 Å². The number of nitrogens with zero attached hydrogens (tertiary/aromatic N) is 1. The topological polar surface area (TPSA) is 91.8 Å². The van der Waals surface area contributed by atoms with Crippen LogP contribution in [-0.4, -0.2) is 50.1 Å². The number of ether oxygens (including phenoxy) is 4. The van der Waals surface area contributed by atoms with Crippen LogP contribution in [0.1, 0.15) is 18.9 Å². The van der Waals surface area contributed by atoms with Gasteiger partial charge in [0.05, 0.1) is 12.7 Å². The molecule has 0 bridgehead atoms. The molecule has 1 N–H and O–H groups in total. The van der Waals surface area contributed by atoms with Gasteiger partial charge in [-0.3, -0.25) is 14.3 Å². The normalized spacial score (nSPS) is 24.7. The molecule has 0 unspecified atom stereocenters. The Morgan fingerprint density at radius 3 is 2.68 bits per heavy atom. The maximum Gasteiger partial charge on any atom is 0.328 e. The number of nitrogens with one attached hydrogen (secondary N) is 1. The Bertz CT molecular complexity index is 569. The zero-order valence-electron chi connectivity index (χ0n) is 12.8. The van der Waals surface area contributed by atoms with Crippen LogP contribution in [0.2, 0.25) is 0 Å². The van der Waals surface area contributed by atoms with Crippen LogP contribution in [0.5, 0.6) is 0 Å². The van der Waals surface area contributed by atoms with E-state index in [1.54, 1.807) is 18.8 Å². The summed E-state index contributed by atoms with van der Waals surface area (Å²) in [6, 6.07) is 1.31. The molecule has 22 heavy (non-hydrogen) atoms. The van der Waals surface area contributed by atoms with Crippen molar-refractivity contribution in [2.45, 2.75) is 25.0 Å². The monoisotopic (exact) mass is 314 g/mol. The summed E-state index contributed by atoms with van der Waals surface area (Å²) in [5.41, 5.74) is -0.798. The summed E-state index contributed by atoms with van der Waals surface area (Å²) < 4.78 is 22.5. The summed E-state index contributed by atoms with van der Waals surface area (Å²) in [7, 11) is 3.13. The van der Waals surface area contributed by atoms with E-state index in [0.717, 1.165) is 6.42 Å². The van der Waals surface area contributed by atoms with Crippen molar-refractivity contribution in [3.63, 3.8) is 0 Å². The molecule has 8 nitrogen and oxygen atoms in total. The second-order valence-corrected chi connectivity index (χ2v) is 5.29. The number of H-pyrrole nitrogens is 1. The van der Waals surface area contributed by atoms with E-state index in [9.17, 15) is 9.59 Å². The summed E-state index contributed by atoms with van der Waals surface area (Å²) in [5, 5.41) is 0. The molecule has 1 aliphatic rings. The number of rotatable bonds is 8. The summed E-state index contributed by atoms with van der Waals surface area (Å²) in [6.45, 7) is 0.895. The Morgan fingerprint density at radius 2 is 2.00 bits per heavy atom. The van der Waals surface area contributed by atoms with E-state index >= 15 is 0 Å². The standard InChI is InChI=1S/C14H22N2O6/c1-19-8-21-7-10-5-11(6-12(10)22-9-20-2)16-4-3-13(17)15-14(16)18/h3-4,10-12H,5-9H2,1-2H3,(H,15,17,18)/t10-,11-,12+/m1/s1. The minimum atomic E-state index is -0.401. The van der Waals surface area contributed by atoms with E-state index in [1.165, 1.54) is 12.3 Å². The first-order valence-electron chi connectivity index (χ1n) is 7.14. The lowest BCUT2D eigenvalue weighted by atomic mass is 10.1. The van der Waals surface area contributed by atoms with Gasteiger partial charge in [-0.05, 0) is 12.8 Å². The average Bonchev–Trinajstić information content (AvgIpc) is 2.88. The molecule has 1 saturated carbocycles. The molecule has 0 aromatic carbocycles. The Labute approximate surface area is 128 Å². The van der Waals surface area contributed by atoms with Crippen LogP contribution in [0.15, 0.2) is 21.9 Å². The molecular weight excluding hydrogens is 292 g/mol. The molecule has 2 rings (SSSR count). The Kier molecular flexibility index (Phi) is 6.32. The lowest BCUT2D eigenvalue weighted by Crippen LogP contribution is -2.31. The molecule has 0 radical (unpaired) electrons. The Balaban J connectivity index is 2.07. The van der Waals surface area contributed by atoms with Gasteiger partial charge < -0.3 is 18.9 Å². The third kappa shape index (κ3) is 4.26. The highest BCUT2D eigenvalue weighted by atomic mass is 16.7. The van der Waals surface area contributed by atoms with Crippen LogP contribution in [-0.2, 0) is 18.9 Å². The molecule has 3 atom stereocenters. The maximum atomic E-state index is 11.9. The van der Waals surface area contributed by atoms with Gasteiger partial charge in [-0.1, -0.05) is 0 Å². The van der Waals surface area contributed by atoms with Crippen LogP contribution >= 0.6 is 0 Å². The summed E-state index contributed by atoms with van der Waals surface area (Å²) in [4.78, 5) is 25.3. The fourth-order valence-corrected chi connectivity index (χ4v) is 2.82. The Hall–Kier alpha value is -1.48. The van der Waals surface area contributed by atoms with Gasteiger partial charge in [0, 0.05) is 38.4 Å². The van der Waals surface area contributed by atoms with Gasteiger partial charge in [0.2, 0.25) is 0 Å². The van der Waals surface area contributed by atoms with Gasteiger partial charge in [-0.25, -0.2) is 4.79 Å².